The van der Waals surface area contributed by atoms with Crippen LogP contribution in [0.2, 0.25) is 0 Å². The Balaban J connectivity index is 2.13. The van der Waals surface area contributed by atoms with Crippen LogP contribution in [0.3, 0.4) is 0 Å². The van der Waals surface area contributed by atoms with E-state index < -0.39 is 24.9 Å². The molecule has 4 nitrogen and oxygen atoms in total. The van der Waals surface area contributed by atoms with E-state index in [4.69, 9.17) is 4.74 Å². The van der Waals surface area contributed by atoms with Crippen molar-refractivity contribution in [3.63, 3.8) is 0 Å². The van der Waals surface area contributed by atoms with Gasteiger partial charge in [-0.2, -0.15) is 22.0 Å². The van der Waals surface area contributed by atoms with Gasteiger partial charge in [-0.05, 0) is 18.2 Å². The van der Waals surface area contributed by atoms with Crippen LogP contribution >= 0.6 is 0 Å². The van der Waals surface area contributed by atoms with Gasteiger partial charge in [0, 0.05) is 18.3 Å². The Hall–Kier alpha value is -2.58. The third kappa shape index (κ3) is 4.71. The zero-order valence-corrected chi connectivity index (χ0v) is 12.2. The molecule has 130 valence electrons. The number of hydrogen-bond donors (Lipinski definition) is 1. The molecule has 0 fully saturated rings. The van der Waals surface area contributed by atoms with Gasteiger partial charge in [-0.3, -0.25) is 9.36 Å². The molecule has 0 unspecified atom stereocenters. The summed E-state index contributed by atoms with van der Waals surface area (Å²) in [7, 11) is 0. The molecule has 0 aliphatic heterocycles. The van der Waals surface area contributed by atoms with Crippen LogP contribution in [0.15, 0.2) is 47.4 Å². The van der Waals surface area contributed by atoms with Crippen molar-refractivity contribution >= 4 is 5.69 Å². The summed E-state index contributed by atoms with van der Waals surface area (Å²) in [5.41, 5.74) is -0.620. The summed E-state index contributed by atoms with van der Waals surface area (Å²) in [5, 5.41) is 2.72. The summed E-state index contributed by atoms with van der Waals surface area (Å²) in [6, 6.07) is 8.48. The zero-order chi connectivity index (χ0) is 17.7. The number of hydrogen-bond acceptors (Lipinski definition) is 3. The van der Waals surface area contributed by atoms with Crippen LogP contribution in [0.25, 0.3) is 0 Å². The van der Waals surface area contributed by atoms with Gasteiger partial charge in [-0.25, -0.2) is 0 Å². The minimum Gasteiger partial charge on any atom is -0.482 e. The van der Waals surface area contributed by atoms with Gasteiger partial charge in [0.1, 0.15) is 5.75 Å². The molecule has 9 heteroatoms. The average Bonchev–Trinajstić information content (AvgIpc) is 2.51. The minimum absolute atomic E-state index is 0.0448. The summed E-state index contributed by atoms with van der Waals surface area (Å²) in [6.07, 6.45) is -3.53. The third-order valence-corrected chi connectivity index (χ3v) is 3.01. The molecule has 0 aliphatic carbocycles. The van der Waals surface area contributed by atoms with Crippen molar-refractivity contribution in [2.24, 2.45) is 0 Å². The van der Waals surface area contributed by atoms with E-state index in [0.29, 0.717) is 0 Å². The molecule has 2 aromatic rings. The highest BCUT2D eigenvalue weighted by Crippen LogP contribution is 2.26. The normalized spacial score (nSPS) is 11.6. The highest BCUT2D eigenvalue weighted by atomic mass is 19.4. The molecule has 2 rings (SSSR count). The number of para-hydroxylation sites is 2. The molecule has 0 atom stereocenters. The van der Waals surface area contributed by atoms with Gasteiger partial charge >= 0.3 is 12.7 Å². The quantitative estimate of drug-likeness (QED) is 0.808. The first kappa shape index (κ1) is 17.8. The first-order valence-electron chi connectivity index (χ1n) is 6.78. The van der Waals surface area contributed by atoms with Crippen molar-refractivity contribution in [3.05, 3.63) is 58.5 Å². The molecule has 0 spiro atoms. The molecule has 0 saturated heterocycles. The molecule has 0 amide bonds. The van der Waals surface area contributed by atoms with Gasteiger partial charge in [0.25, 0.3) is 5.56 Å². The fourth-order valence-electron chi connectivity index (χ4n) is 1.93. The number of nitrogens with zero attached hydrogens (tertiary/aromatic N) is 1. The first-order chi connectivity index (χ1) is 11.3. The second-order valence-electron chi connectivity index (χ2n) is 4.78. The SMILES string of the molecule is O=c1c(CNc2ccccc2OCC(F)(F)F)cccn1C(F)F. The van der Waals surface area contributed by atoms with Gasteiger partial charge in [0.05, 0.1) is 5.69 Å². The van der Waals surface area contributed by atoms with Gasteiger partial charge in [0.2, 0.25) is 0 Å². The van der Waals surface area contributed by atoms with E-state index in [1.165, 1.54) is 30.3 Å². The van der Waals surface area contributed by atoms with E-state index in [2.05, 4.69) is 5.32 Å². The number of alkyl halides is 5. The van der Waals surface area contributed by atoms with Crippen molar-refractivity contribution in [2.75, 3.05) is 11.9 Å². The number of anilines is 1. The second kappa shape index (κ2) is 7.33. The molecule has 0 radical (unpaired) electrons. The van der Waals surface area contributed by atoms with E-state index >= 15 is 0 Å². The number of nitrogens with one attached hydrogen (secondary N) is 1. The smallest absolute Gasteiger partial charge is 0.422 e. The minimum atomic E-state index is -4.49. The Morgan fingerprint density at radius 2 is 1.83 bits per heavy atom. The predicted octanol–water partition coefficient (Wildman–Crippen LogP) is 3.80. The standard InChI is InChI=1S/C15H13F5N2O2/c16-14(17)22-7-3-4-10(13(22)23)8-21-11-5-1-2-6-12(11)24-9-15(18,19)20/h1-7,14,21H,8-9H2. The van der Waals surface area contributed by atoms with Crippen molar-refractivity contribution < 1.29 is 26.7 Å². The number of halogens is 5. The van der Waals surface area contributed by atoms with Crippen LogP contribution in [0.5, 0.6) is 5.75 Å². The Kier molecular flexibility index (Phi) is 5.42. The zero-order valence-electron chi connectivity index (χ0n) is 12.2. The predicted molar refractivity (Wildman–Crippen MR) is 77.3 cm³/mol. The summed E-state index contributed by atoms with van der Waals surface area (Å²) in [5.74, 6) is -0.0556. The summed E-state index contributed by atoms with van der Waals surface area (Å²) >= 11 is 0. The van der Waals surface area contributed by atoms with Crippen molar-refractivity contribution in [2.45, 2.75) is 19.3 Å². The maximum atomic E-state index is 12.7. The number of aromatic nitrogens is 1. The molecule has 0 bridgehead atoms. The molecule has 0 aliphatic rings. The number of rotatable bonds is 6. The lowest BCUT2D eigenvalue weighted by Gasteiger charge is -2.14. The lowest BCUT2D eigenvalue weighted by atomic mass is 10.2. The van der Waals surface area contributed by atoms with Crippen LogP contribution < -0.4 is 15.6 Å². The van der Waals surface area contributed by atoms with Crippen LogP contribution in [-0.2, 0) is 6.54 Å². The highest BCUT2D eigenvalue weighted by Gasteiger charge is 2.28. The Morgan fingerprint density at radius 1 is 1.12 bits per heavy atom. The fourth-order valence-corrected chi connectivity index (χ4v) is 1.93. The molecule has 1 N–H and O–H groups in total. The maximum Gasteiger partial charge on any atom is 0.422 e. The topological polar surface area (TPSA) is 43.3 Å². The summed E-state index contributed by atoms with van der Waals surface area (Å²) in [4.78, 5) is 11.8. The van der Waals surface area contributed by atoms with Crippen molar-refractivity contribution in [1.29, 1.82) is 0 Å². The van der Waals surface area contributed by atoms with Crippen LogP contribution in [0, 0.1) is 0 Å². The van der Waals surface area contributed by atoms with E-state index in [1.807, 2.05) is 0 Å². The second-order valence-corrected chi connectivity index (χ2v) is 4.78. The van der Waals surface area contributed by atoms with Gasteiger partial charge in [0.15, 0.2) is 6.61 Å². The summed E-state index contributed by atoms with van der Waals surface area (Å²) < 4.78 is 67.0. The van der Waals surface area contributed by atoms with Gasteiger partial charge < -0.3 is 10.1 Å². The molecular formula is C15H13F5N2O2. The number of benzene rings is 1. The maximum absolute atomic E-state index is 12.7. The molecule has 1 aromatic carbocycles. The molecule has 24 heavy (non-hydrogen) atoms. The van der Waals surface area contributed by atoms with E-state index in [0.717, 1.165) is 6.20 Å². The molecule has 0 saturated carbocycles. The van der Waals surface area contributed by atoms with Crippen LogP contribution in [-0.4, -0.2) is 17.4 Å². The Bertz CT molecular complexity index is 743. The van der Waals surface area contributed by atoms with Crippen molar-refractivity contribution in [3.8, 4) is 5.75 Å². The lowest BCUT2D eigenvalue weighted by Crippen LogP contribution is -2.25. The molecule has 1 aromatic heterocycles. The highest BCUT2D eigenvalue weighted by molar-refractivity contribution is 5.56. The van der Waals surface area contributed by atoms with E-state index in [1.54, 1.807) is 6.07 Å². The average molecular weight is 348 g/mol. The van der Waals surface area contributed by atoms with E-state index in [9.17, 15) is 26.7 Å². The lowest BCUT2D eigenvalue weighted by molar-refractivity contribution is -0.153. The molecular weight excluding hydrogens is 335 g/mol. The largest absolute Gasteiger partial charge is 0.482 e. The first-order valence-corrected chi connectivity index (χ1v) is 6.78. The number of pyridine rings is 1. The van der Waals surface area contributed by atoms with Gasteiger partial charge in [-0.1, -0.05) is 18.2 Å². The number of ether oxygens (including phenoxy) is 1. The Labute approximate surface area is 133 Å². The van der Waals surface area contributed by atoms with Crippen LogP contribution in [0.4, 0.5) is 27.6 Å². The van der Waals surface area contributed by atoms with E-state index in [-0.39, 0.29) is 28.1 Å². The third-order valence-electron chi connectivity index (χ3n) is 3.01. The molecule has 1 heterocycles. The van der Waals surface area contributed by atoms with Crippen LogP contribution in [0.1, 0.15) is 12.1 Å². The van der Waals surface area contributed by atoms with Crippen molar-refractivity contribution in [1.82, 2.24) is 4.57 Å². The fraction of sp³-hybridized carbons (Fsp3) is 0.267. The monoisotopic (exact) mass is 348 g/mol. The summed E-state index contributed by atoms with van der Waals surface area (Å²) in [6.45, 7) is -4.58. The Morgan fingerprint density at radius 3 is 2.50 bits per heavy atom. The van der Waals surface area contributed by atoms with Gasteiger partial charge in [-0.15, -0.1) is 0 Å².